The molecule has 3 atom stereocenters. The Morgan fingerprint density at radius 2 is 0.859 bits per heavy atom. The van der Waals surface area contributed by atoms with Gasteiger partial charge in [-0.3, -0.25) is 13.8 Å². The molecule has 64 heavy (non-hydrogen) atoms. The lowest BCUT2D eigenvalue weighted by atomic mass is 10.0. The van der Waals surface area contributed by atoms with Gasteiger partial charge in [0.1, 0.15) is 13.2 Å². The summed E-state index contributed by atoms with van der Waals surface area (Å²) in [6.45, 7) is 4.84. The first kappa shape index (κ1) is 63.0. The van der Waals surface area contributed by atoms with Crippen LogP contribution in [0.5, 0.6) is 0 Å². The van der Waals surface area contributed by atoms with Crippen LogP contribution in [-0.2, 0) is 18.4 Å². The van der Waals surface area contributed by atoms with Crippen LogP contribution in [0.15, 0.2) is 24.3 Å². The third-order valence-corrected chi connectivity index (χ3v) is 13.7. The van der Waals surface area contributed by atoms with Gasteiger partial charge in [-0.15, -0.1) is 0 Å². The van der Waals surface area contributed by atoms with E-state index in [0.29, 0.717) is 17.4 Å². The topological polar surface area (TPSA) is 105 Å². The Bertz CT molecular complexity index is 1090. The Hall–Kier alpha value is -1.02. The van der Waals surface area contributed by atoms with Crippen molar-refractivity contribution in [3.63, 3.8) is 0 Å². The molecule has 0 aromatic carbocycles. The minimum atomic E-state index is -4.35. The van der Waals surface area contributed by atoms with Crippen molar-refractivity contribution in [2.24, 2.45) is 0 Å². The largest absolute Gasteiger partial charge is 0.472 e. The standard InChI is InChI=1S/C55H109N2O6P/c1-6-8-10-12-14-16-18-20-22-24-26-28-29-30-32-34-36-38-40-42-44-46-48-54(58)53(52-63-64(60,61)62-51-50-57(3,4)5)56-55(59)49-47-45-43-41-39-37-35-33-31-27-25-23-21-19-17-15-13-11-9-7-2/h38,40,46,48,53-54,58H,6-37,39,41-45,47,49-52H2,1-5H3,(H-,56,59,60,61)/p+1/b40-38+,48-46+. The lowest BCUT2D eigenvalue weighted by molar-refractivity contribution is -0.870. The van der Waals surface area contributed by atoms with Crippen molar-refractivity contribution < 1.29 is 32.9 Å². The number of hydrogen-bond donors (Lipinski definition) is 3. The van der Waals surface area contributed by atoms with Crippen LogP contribution in [0.2, 0.25) is 0 Å². The van der Waals surface area contributed by atoms with E-state index in [0.717, 1.165) is 38.5 Å². The molecule has 1 amide bonds. The third kappa shape index (κ3) is 48.9. The average molecular weight is 926 g/mol. The number of aliphatic hydroxyl groups excluding tert-OH is 1. The number of carbonyl (C=O) groups is 1. The van der Waals surface area contributed by atoms with Crippen LogP contribution < -0.4 is 5.32 Å². The molecule has 3 unspecified atom stereocenters. The van der Waals surface area contributed by atoms with E-state index in [-0.39, 0.29) is 19.1 Å². The van der Waals surface area contributed by atoms with Crippen LogP contribution in [0.3, 0.4) is 0 Å². The van der Waals surface area contributed by atoms with E-state index in [2.05, 4.69) is 31.3 Å². The highest BCUT2D eigenvalue weighted by Crippen LogP contribution is 2.43. The highest BCUT2D eigenvalue weighted by Gasteiger charge is 2.27. The molecule has 0 rings (SSSR count). The van der Waals surface area contributed by atoms with Gasteiger partial charge in [0.25, 0.3) is 0 Å². The Kier molecular flexibility index (Phi) is 46.3. The Labute approximate surface area is 398 Å². The fourth-order valence-corrected chi connectivity index (χ4v) is 9.03. The summed E-state index contributed by atoms with van der Waals surface area (Å²) < 4.78 is 23.7. The minimum Gasteiger partial charge on any atom is -0.387 e. The molecule has 0 aliphatic heterocycles. The molecule has 0 aliphatic rings. The van der Waals surface area contributed by atoms with E-state index in [1.165, 1.54) is 212 Å². The fraction of sp³-hybridized carbons (Fsp3) is 0.909. The summed E-state index contributed by atoms with van der Waals surface area (Å²) in [4.78, 5) is 23.3. The number of unbranched alkanes of at least 4 members (excludes halogenated alkanes) is 36. The van der Waals surface area contributed by atoms with Gasteiger partial charge in [-0.25, -0.2) is 4.57 Å². The van der Waals surface area contributed by atoms with Gasteiger partial charge in [0.2, 0.25) is 5.91 Å². The third-order valence-electron chi connectivity index (χ3n) is 12.7. The van der Waals surface area contributed by atoms with Crippen molar-refractivity contribution >= 4 is 13.7 Å². The van der Waals surface area contributed by atoms with Crippen molar-refractivity contribution in [1.29, 1.82) is 0 Å². The van der Waals surface area contributed by atoms with Crippen LogP contribution in [0.1, 0.15) is 271 Å². The summed E-state index contributed by atoms with van der Waals surface area (Å²) in [5.41, 5.74) is 0. The number of hydrogen-bond acceptors (Lipinski definition) is 5. The molecule has 0 spiro atoms. The number of phosphoric ester groups is 1. The van der Waals surface area contributed by atoms with Gasteiger partial charge in [-0.1, -0.05) is 256 Å². The van der Waals surface area contributed by atoms with E-state index in [4.69, 9.17) is 9.05 Å². The van der Waals surface area contributed by atoms with Gasteiger partial charge in [-0.2, -0.15) is 0 Å². The Morgan fingerprint density at radius 1 is 0.516 bits per heavy atom. The Morgan fingerprint density at radius 3 is 1.25 bits per heavy atom. The first-order valence-electron chi connectivity index (χ1n) is 27.7. The normalized spacial score (nSPS) is 14.2. The molecule has 3 N–H and O–H groups in total. The maximum atomic E-state index is 13.0. The number of quaternary nitrogens is 1. The van der Waals surface area contributed by atoms with E-state index in [1.54, 1.807) is 6.08 Å². The zero-order valence-corrected chi connectivity index (χ0v) is 44.2. The van der Waals surface area contributed by atoms with E-state index >= 15 is 0 Å². The minimum absolute atomic E-state index is 0.0587. The van der Waals surface area contributed by atoms with E-state index < -0.39 is 20.0 Å². The molecule has 0 fully saturated rings. The molecule has 0 aromatic rings. The molecule has 0 radical (unpaired) electrons. The second-order valence-corrected chi connectivity index (χ2v) is 21.8. The molecule has 0 aromatic heterocycles. The van der Waals surface area contributed by atoms with Crippen LogP contribution in [-0.4, -0.2) is 73.4 Å². The van der Waals surface area contributed by atoms with Crippen LogP contribution in [0, 0.1) is 0 Å². The molecule has 0 heterocycles. The van der Waals surface area contributed by atoms with Gasteiger partial charge in [-0.05, 0) is 32.1 Å². The average Bonchev–Trinajstić information content (AvgIpc) is 3.25. The number of nitrogens with zero attached hydrogens (tertiary/aromatic N) is 1. The van der Waals surface area contributed by atoms with Gasteiger partial charge < -0.3 is 19.8 Å². The molecular formula is C55H110N2O6P+. The second-order valence-electron chi connectivity index (χ2n) is 20.3. The fourth-order valence-electron chi connectivity index (χ4n) is 8.30. The van der Waals surface area contributed by atoms with Crippen molar-refractivity contribution in [3.05, 3.63) is 24.3 Å². The Balaban J connectivity index is 4.27. The number of aliphatic hydroxyl groups is 1. The molecular weight excluding hydrogens is 816 g/mol. The molecule has 0 bridgehead atoms. The first-order chi connectivity index (χ1) is 31.0. The lowest BCUT2D eigenvalue weighted by Gasteiger charge is -2.25. The van der Waals surface area contributed by atoms with Gasteiger partial charge in [0, 0.05) is 6.42 Å². The van der Waals surface area contributed by atoms with Crippen LogP contribution in [0.25, 0.3) is 0 Å². The van der Waals surface area contributed by atoms with E-state index in [1.807, 2.05) is 27.2 Å². The summed E-state index contributed by atoms with van der Waals surface area (Å²) >= 11 is 0. The SMILES string of the molecule is CCCCCCCCCCCCCCCCCC/C=C/CC/C=C/C(O)C(COP(=O)(O)OCC[N+](C)(C)C)NC(=O)CCCCCCCCCCCCCCCCCCCCCC. The number of nitrogens with one attached hydrogen (secondary N) is 1. The van der Waals surface area contributed by atoms with Crippen molar-refractivity contribution in [2.75, 3.05) is 40.9 Å². The number of carbonyl (C=O) groups excluding carboxylic acids is 1. The molecule has 8 nitrogen and oxygen atoms in total. The summed E-state index contributed by atoms with van der Waals surface area (Å²) in [5, 5.41) is 13.9. The molecule has 9 heteroatoms. The zero-order valence-electron chi connectivity index (χ0n) is 43.3. The maximum absolute atomic E-state index is 13.0. The second kappa shape index (κ2) is 47.1. The predicted octanol–water partition coefficient (Wildman–Crippen LogP) is 16.4. The van der Waals surface area contributed by atoms with Gasteiger partial charge in [0.15, 0.2) is 0 Å². The van der Waals surface area contributed by atoms with Crippen molar-refractivity contribution in [2.45, 2.75) is 283 Å². The van der Waals surface area contributed by atoms with Crippen LogP contribution in [0.4, 0.5) is 0 Å². The molecule has 0 saturated carbocycles. The number of rotatable bonds is 51. The molecule has 380 valence electrons. The zero-order chi connectivity index (χ0) is 47.1. The van der Waals surface area contributed by atoms with Gasteiger partial charge >= 0.3 is 7.82 Å². The van der Waals surface area contributed by atoms with Crippen LogP contribution >= 0.6 is 7.82 Å². The summed E-state index contributed by atoms with van der Waals surface area (Å²) in [6.07, 6.45) is 58.4. The lowest BCUT2D eigenvalue weighted by Crippen LogP contribution is -2.45. The van der Waals surface area contributed by atoms with Crippen molar-refractivity contribution in [1.82, 2.24) is 5.32 Å². The molecule has 0 aliphatic carbocycles. The summed E-state index contributed by atoms with van der Waals surface area (Å²) in [5.74, 6) is -0.181. The van der Waals surface area contributed by atoms with E-state index in [9.17, 15) is 19.4 Å². The number of phosphoric acid groups is 1. The number of allylic oxidation sites excluding steroid dienone is 3. The summed E-state index contributed by atoms with van der Waals surface area (Å²) in [7, 11) is 1.57. The number of amides is 1. The van der Waals surface area contributed by atoms with Crippen molar-refractivity contribution in [3.8, 4) is 0 Å². The summed E-state index contributed by atoms with van der Waals surface area (Å²) in [6, 6.07) is -0.859. The molecule has 0 saturated heterocycles. The smallest absolute Gasteiger partial charge is 0.387 e. The highest BCUT2D eigenvalue weighted by molar-refractivity contribution is 7.47. The highest BCUT2D eigenvalue weighted by atomic mass is 31.2. The quantitative estimate of drug-likeness (QED) is 0.0243. The maximum Gasteiger partial charge on any atom is 0.472 e. The van der Waals surface area contributed by atoms with Gasteiger partial charge in [0.05, 0.1) is 39.9 Å². The predicted molar refractivity (Wildman–Crippen MR) is 277 cm³/mol. The number of likely N-dealkylation sites (N-methyl/N-ethyl adjacent to an activating group) is 1. The monoisotopic (exact) mass is 926 g/mol. The first-order valence-corrected chi connectivity index (χ1v) is 29.2.